The van der Waals surface area contributed by atoms with E-state index in [0.717, 1.165) is 23.2 Å². The lowest BCUT2D eigenvalue weighted by atomic mass is 10.0. The second kappa shape index (κ2) is 6.02. The largest absolute Gasteiger partial charge is 0.453 e. The second-order valence-corrected chi connectivity index (χ2v) is 5.24. The van der Waals surface area contributed by atoms with E-state index in [1.54, 1.807) is 12.1 Å². The maximum atomic E-state index is 12.3. The van der Waals surface area contributed by atoms with Crippen LogP contribution >= 0.6 is 0 Å². The van der Waals surface area contributed by atoms with Crippen molar-refractivity contribution in [3.05, 3.63) is 65.2 Å². The Bertz CT molecular complexity index is 724. The molecule has 1 amide bonds. The van der Waals surface area contributed by atoms with E-state index in [9.17, 15) is 9.59 Å². The Morgan fingerprint density at radius 2 is 1.86 bits per heavy atom. The van der Waals surface area contributed by atoms with E-state index in [0.29, 0.717) is 5.56 Å². The van der Waals surface area contributed by atoms with Crippen molar-refractivity contribution in [2.24, 2.45) is 0 Å². The van der Waals surface area contributed by atoms with Crippen molar-refractivity contribution >= 4 is 17.6 Å². The topological polar surface area (TPSA) is 55.4 Å². The van der Waals surface area contributed by atoms with Gasteiger partial charge in [-0.15, -0.1) is 0 Å². The normalized spacial score (nSPS) is 16.0. The van der Waals surface area contributed by atoms with E-state index in [-0.39, 0.29) is 18.3 Å². The summed E-state index contributed by atoms with van der Waals surface area (Å²) in [5, 5.41) is 2.90. The number of aryl methyl sites for hydroxylation is 1. The van der Waals surface area contributed by atoms with Gasteiger partial charge in [-0.25, -0.2) is 4.79 Å². The molecule has 0 radical (unpaired) electrons. The predicted octanol–water partition coefficient (Wildman–Crippen LogP) is 3.49. The molecule has 4 nitrogen and oxygen atoms in total. The van der Waals surface area contributed by atoms with E-state index >= 15 is 0 Å². The Kier molecular flexibility index (Phi) is 3.92. The number of carbonyl (C=O) groups is 2. The SMILES string of the molecule is CCc1ccccc1NC(=O)C[C@H]1OC(=O)c2ccccc21. The Morgan fingerprint density at radius 3 is 2.68 bits per heavy atom. The third-order valence-corrected chi connectivity index (χ3v) is 3.82. The van der Waals surface area contributed by atoms with Crippen LogP contribution in [0, 0.1) is 0 Å². The average Bonchev–Trinajstić information content (AvgIpc) is 2.84. The summed E-state index contributed by atoms with van der Waals surface area (Å²) in [6.07, 6.45) is 0.468. The average molecular weight is 295 g/mol. The summed E-state index contributed by atoms with van der Waals surface area (Å²) in [5.74, 6) is -0.516. The van der Waals surface area contributed by atoms with Gasteiger partial charge >= 0.3 is 5.97 Å². The van der Waals surface area contributed by atoms with Crippen molar-refractivity contribution in [1.29, 1.82) is 0 Å². The van der Waals surface area contributed by atoms with Gasteiger partial charge in [0, 0.05) is 11.3 Å². The number of esters is 1. The monoisotopic (exact) mass is 295 g/mol. The van der Waals surface area contributed by atoms with Crippen molar-refractivity contribution in [3.63, 3.8) is 0 Å². The van der Waals surface area contributed by atoms with Crippen molar-refractivity contribution in [2.75, 3.05) is 5.32 Å². The highest BCUT2D eigenvalue weighted by Crippen LogP contribution is 2.33. The molecule has 0 unspecified atom stereocenters. The molecular formula is C18H17NO3. The van der Waals surface area contributed by atoms with E-state index in [1.165, 1.54) is 0 Å². The first-order valence-corrected chi connectivity index (χ1v) is 7.36. The molecule has 1 aliphatic heterocycles. The van der Waals surface area contributed by atoms with Crippen molar-refractivity contribution < 1.29 is 14.3 Å². The van der Waals surface area contributed by atoms with E-state index in [4.69, 9.17) is 4.74 Å². The number of hydrogen-bond acceptors (Lipinski definition) is 3. The lowest BCUT2D eigenvalue weighted by Gasteiger charge is -2.13. The molecule has 0 aromatic heterocycles. The quantitative estimate of drug-likeness (QED) is 0.878. The summed E-state index contributed by atoms with van der Waals surface area (Å²) in [7, 11) is 0. The molecule has 0 saturated carbocycles. The van der Waals surface area contributed by atoms with Crippen LogP contribution in [0.1, 0.15) is 40.9 Å². The van der Waals surface area contributed by atoms with Crippen LogP contribution in [-0.4, -0.2) is 11.9 Å². The van der Waals surface area contributed by atoms with Crippen LogP contribution in [0.5, 0.6) is 0 Å². The maximum absolute atomic E-state index is 12.3. The minimum atomic E-state index is -0.502. The Balaban J connectivity index is 1.72. The lowest BCUT2D eigenvalue weighted by molar-refractivity contribution is -0.118. The van der Waals surface area contributed by atoms with Crippen LogP contribution in [0.15, 0.2) is 48.5 Å². The fraction of sp³-hybridized carbons (Fsp3) is 0.222. The molecule has 0 saturated heterocycles. The van der Waals surface area contributed by atoms with Crippen LogP contribution in [0.25, 0.3) is 0 Å². The molecule has 1 heterocycles. The number of ether oxygens (including phenoxy) is 1. The number of carbonyl (C=O) groups excluding carboxylic acids is 2. The number of para-hydroxylation sites is 1. The third kappa shape index (κ3) is 2.72. The minimum absolute atomic E-state index is 0.126. The second-order valence-electron chi connectivity index (χ2n) is 5.24. The Labute approximate surface area is 129 Å². The first-order chi connectivity index (χ1) is 10.7. The zero-order valence-corrected chi connectivity index (χ0v) is 12.3. The minimum Gasteiger partial charge on any atom is -0.453 e. The highest BCUT2D eigenvalue weighted by atomic mass is 16.5. The van der Waals surface area contributed by atoms with Gasteiger partial charge in [0.2, 0.25) is 5.91 Å². The van der Waals surface area contributed by atoms with Crippen LogP contribution < -0.4 is 5.32 Å². The van der Waals surface area contributed by atoms with Crippen LogP contribution in [0.2, 0.25) is 0 Å². The molecule has 1 atom stereocenters. The lowest BCUT2D eigenvalue weighted by Crippen LogP contribution is -2.16. The Morgan fingerprint density at radius 1 is 1.14 bits per heavy atom. The number of hydrogen-bond donors (Lipinski definition) is 1. The molecule has 3 rings (SSSR count). The van der Waals surface area contributed by atoms with Crippen LogP contribution in [0.3, 0.4) is 0 Å². The van der Waals surface area contributed by atoms with Gasteiger partial charge in [-0.05, 0) is 24.1 Å². The summed E-state index contributed by atoms with van der Waals surface area (Å²) in [5.41, 5.74) is 3.23. The highest BCUT2D eigenvalue weighted by molar-refractivity contribution is 5.96. The number of rotatable bonds is 4. The summed E-state index contributed by atoms with van der Waals surface area (Å²) < 4.78 is 5.30. The van der Waals surface area contributed by atoms with Crippen molar-refractivity contribution in [2.45, 2.75) is 25.9 Å². The number of nitrogens with one attached hydrogen (secondary N) is 1. The molecule has 0 fully saturated rings. The van der Waals surface area contributed by atoms with E-state index in [1.807, 2.05) is 43.3 Å². The van der Waals surface area contributed by atoms with E-state index in [2.05, 4.69) is 5.32 Å². The number of amides is 1. The van der Waals surface area contributed by atoms with Gasteiger partial charge in [0.25, 0.3) is 0 Å². The van der Waals surface area contributed by atoms with Crippen LogP contribution in [0.4, 0.5) is 5.69 Å². The van der Waals surface area contributed by atoms with Gasteiger partial charge in [0.1, 0.15) is 6.10 Å². The van der Waals surface area contributed by atoms with Gasteiger partial charge < -0.3 is 10.1 Å². The first-order valence-electron chi connectivity index (χ1n) is 7.36. The van der Waals surface area contributed by atoms with E-state index < -0.39 is 6.10 Å². The molecule has 1 N–H and O–H groups in total. The highest BCUT2D eigenvalue weighted by Gasteiger charge is 2.32. The molecule has 0 spiro atoms. The number of fused-ring (bicyclic) bond motifs is 1. The van der Waals surface area contributed by atoms with Crippen molar-refractivity contribution in [3.8, 4) is 0 Å². The molecule has 112 valence electrons. The molecule has 2 aromatic carbocycles. The summed E-state index contributed by atoms with van der Waals surface area (Å²) in [6.45, 7) is 2.04. The smallest absolute Gasteiger partial charge is 0.339 e. The zero-order valence-electron chi connectivity index (χ0n) is 12.3. The van der Waals surface area contributed by atoms with Gasteiger partial charge in [-0.2, -0.15) is 0 Å². The summed E-state index contributed by atoms with van der Waals surface area (Å²) in [6, 6.07) is 14.9. The zero-order chi connectivity index (χ0) is 15.5. The predicted molar refractivity (Wildman–Crippen MR) is 83.7 cm³/mol. The number of cyclic esters (lactones) is 1. The Hall–Kier alpha value is -2.62. The standard InChI is InChI=1S/C18H17NO3/c1-2-12-7-3-6-10-15(12)19-17(20)11-16-13-8-4-5-9-14(13)18(21)22-16/h3-10,16H,2,11H2,1H3,(H,19,20)/t16-/m1/s1. The number of benzene rings is 2. The van der Waals surface area contributed by atoms with Crippen LogP contribution in [-0.2, 0) is 16.0 Å². The van der Waals surface area contributed by atoms with Gasteiger partial charge in [0.15, 0.2) is 0 Å². The summed E-state index contributed by atoms with van der Waals surface area (Å²) >= 11 is 0. The molecule has 4 heteroatoms. The summed E-state index contributed by atoms with van der Waals surface area (Å²) in [4.78, 5) is 24.0. The molecule has 0 aliphatic carbocycles. The fourth-order valence-electron chi connectivity index (χ4n) is 2.69. The molecule has 22 heavy (non-hydrogen) atoms. The fourth-order valence-corrected chi connectivity index (χ4v) is 2.69. The molecule has 2 aromatic rings. The maximum Gasteiger partial charge on any atom is 0.339 e. The number of anilines is 1. The van der Waals surface area contributed by atoms with Gasteiger partial charge in [-0.3, -0.25) is 4.79 Å². The van der Waals surface area contributed by atoms with Gasteiger partial charge in [0.05, 0.1) is 12.0 Å². The molecule has 0 bridgehead atoms. The first kappa shape index (κ1) is 14.3. The van der Waals surface area contributed by atoms with Crippen molar-refractivity contribution in [1.82, 2.24) is 0 Å². The van der Waals surface area contributed by atoms with Gasteiger partial charge in [-0.1, -0.05) is 43.3 Å². The molecular weight excluding hydrogens is 278 g/mol. The molecule has 1 aliphatic rings. The third-order valence-electron chi connectivity index (χ3n) is 3.82.